The molecule has 0 aromatic rings. The summed E-state index contributed by atoms with van der Waals surface area (Å²) >= 11 is 7.25. The third-order valence-corrected chi connectivity index (χ3v) is 5.14. The highest BCUT2D eigenvalue weighted by Gasteiger charge is 2.26. The first-order valence-electron chi connectivity index (χ1n) is 5.93. The van der Waals surface area contributed by atoms with Gasteiger partial charge in [0.05, 0.1) is 0 Å². The smallest absolute Gasteiger partial charge is 0.0487 e. The van der Waals surface area contributed by atoms with Crippen molar-refractivity contribution in [2.24, 2.45) is 5.41 Å². The second kappa shape index (κ2) is 11.0. The third-order valence-electron chi connectivity index (χ3n) is 2.76. The molecule has 0 radical (unpaired) electrons. The molecule has 98 valence electrons. The molecule has 0 aliphatic heterocycles. The van der Waals surface area contributed by atoms with Gasteiger partial charge in [0.15, 0.2) is 0 Å². The van der Waals surface area contributed by atoms with Crippen molar-refractivity contribution in [3.8, 4) is 0 Å². The average Bonchev–Trinajstić information content (AvgIpc) is 2.32. The van der Waals surface area contributed by atoms with Gasteiger partial charge in [-0.1, -0.05) is 45.2 Å². The lowest BCUT2D eigenvalue weighted by molar-refractivity contribution is 0.0834. The van der Waals surface area contributed by atoms with Crippen LogP contribution in [0.1, 0.15) is 32.6 Å². The van der Waals surface area contributed by atoms with E-state index >= 15 is 0 Å². The molecule has 0 aliphatic carbocycles. The van der Waals surface area contributed by atoms with Crippen LogP contribution >= 0.6 is 31.9 Å². The van der Waals surface area contributed by atoms with E-state index in [2.05, 4.69) is 38.8 Å². The van der Waals surface area contributed by atoms with Crippen molar-refractivity contribution in [2.45, 2.75) is 32.6 Å². The second-order valence-corrected chi connectivity index (χ2v) is 5.35. The predicted octanol–water partition coefficient (Wildman–Crippen LogP) is 4.01. The molecule has 0 aromatic carbocycles. The Morgan fingerprint density at radius 3 is 2.19 bits per heavy atom. The number of methoxy groups -OCH3 is 1. The number of halogens is 2. The van der Waals surface area contributed by atoms with Crippen LogP contribution in [0.4, 0.5) is 0 Å². The van der Waals surface area contributed by atoms with Gasteiger partial charge in [-0.05, 0) is 24.7 Å². The molecule has 0 N–H and O–H groups in total. The van der Waals surface area contributed by atoms with Crippen LogP contribution in [-0.2, 0) is 9.47 Å². The Kier molecular flexibility index (Phi) is 11.6. The Hall–Kier alpha value is 0.880. The molecular weight excluding hydrogens is 336 g/mol. The molecule has 0 saturated heterocycles. The highest BCUT2D eigenvalue weighted by atomic mass is 79.9. The molecule has 16 heavy (non-hydrogen) atoms. The Labute approximate surface area is 117 Å². The molecule has 0 spiro atoms. The van der Waals surface area contributed by atoms with E-state index < -0.39 is 0 Å². The van der Waals surface area contributed by atoms with Crippen molar-refractivity contribution in [1.82, 2.24) is 0 Å². The van der Waals surface area contributed by atoms with Gasteiger partial charge in [-0.25, -0.2) is 0 Å². The molecule has 0 rings (SSSR count). The maximum atomic E-state index is 5.62. The number of hydrogen-bond donors (Lipinski definition) is 0. The summed E-state index contributed by atoms with van der Waals surface area (Å²) in [6, 6.07) is 0. The van der Waals surface area contributed by atoms with Gasteiger partial charge in [-0.3, -0.25) is 0 Å². The summed E-state index contributed by atoms with van der Waals surface area (Å²) in [5.41, 5.74) is 0.357. The molecule has 0 unspecified atom stereocenters. The van der Waals surface area contributed by atoms with Crippen molar-refractivity contribution in [2.75, 3.05) is 37.6 Å². The number of alkyl halides is 2. The quantitative estimate of drug-likeness (QED) is 0.410. The van der Waals surface area contributed by atoms with Gasteiger partial charge >= 0.3 is 0 Å². The minimum atomic E-state index is 0.357. The fourth-order valence-corrected chi connectivity index (χ4v) is 3.70. The Bertz CT molecular complexity index is 150. The normalized spacial score (nSPS) is 12.0. The van der Waals surface area contributed by atoms with Crippen molar-refractivity contribution < 1.29 is 9.47 Å². The van der Waals surface area contributed by atoms with Crippen molar-refractivity contribution in [3.63, 3.8) is 0 Å². The average molecular weight is 360 g/mol. The van der Waals surface area contributed by atoms with Gasteiger partial charge in [0.1, 0.15) is 0 Å². The largest absolute Gasteiger partial charge is 0.385 e. The zero-order valence-corrected chi connectivity index (χ0v) is 13.6. The predicted molar refractivity (Wildman–Crippen MR) is 76.9 cm³/mol. The van der Waals surface area contributed by atoms with E-state index in [9.17, 15) is 0 Å². The van der Waals surface area contributed by atoms with Gasteiger partial charge in [0.2, 0.25) is 0 Å². The molecular formula is C12H24Br2O2. The minimum absolute atomic E-state index is 0.357. The van der Waals surface area contributed by atoms with E-state index in [0.717, 1.165) is 43.3 Å². The van der Waals surface area contributed by atoms with E-state index in [0.29, 0.717) is 5.41 Å². The third kappa shape index (κ3) is 7.25. The molecule has 0 aromatic heterocycles. The van der Waals surface area contributed by atoms with E-state index in [4.69, 9.17) is 9.47 Å². The van der Waals surface area contributed by atoms with Crippen molar-refractivity contribution in [1.29, 1.82) is 0 Å². The topological polar surface area (TPSA) is 18.5 Å². The lowest BCUT2D eigenvalue weighted by Gasteiger charge is -2.29. The van der Waals surface area contributed by atoms with Gasteiger partial charge in [0.25, 0.3) is 0 Å². The Balaban J connectivity index is 3.67. The first-order chi connectivity index (χ1) is 7.74. The van der Waals surface area contributed by atoms with Crippen LogP contribution in [-0.4, -0.2) is 37.6 Å². The highest BCUT2D eigenvalue weighted by Crippen LogP contribution is 2.32. The maximum absolute atomic E-state index is 5.62. The van der Waals surface area contributed by atoms with E-state index in [-0.39, 0.29) is 0 Å². The standard InChI is InChI=1S/C12H24Br2O2/c1-3-5-12(10-13,11-14)6-9-16-8-4-7-15-2/h3-11H2,1-2H3. The van der Waals surface area contributed by atoms with E-state index in [1.54, 1.807) is 7.11 Å². The van der Waals surface area contributed by atoms with Gasteiger partial charge < -0.3 is 9.47 Å². The van der Waals surface area contributed by atoms with Gasteiger partial charge in [-0.2, -0.15) is 0 Å². The molecule has 0 atom stereocenters. The van der Waals surface area contributed by atoms with Crippen LogP contribution < -0.4 is 0 Å². The summed E-state index contributed by atoms with van der Waals surface area (Å²) in [5.74, 6) is 0. The first-order valence-corrected chi connectivity index (χ1v) is 8.17. The number of ether oxygens (including phenoxy) is 2. The van der Waals surface area contributed by atoms with Gasteiger partial charge in [0, 0.05) is 37.6 Å². The zero-order valence-electron chi connectivity index (χ0n) is 10.4. The fourth-order valence-electron chi connectivity index (χ4n) is 1.65. The SMILES string of the molecule is CCCC(CBr)(CBr)CCOCCCOC. The maximum Gasteiger partial charge on any atom is 0.0487 e. The molecule has 0 aliphatic rings. The monoisotopic (exact) mass is 358 g/mol. The molecule has 0 amide bonds. The number of rotatable bonds is 11. The molecule has 2 nitrogen and oxygen atoms in total. The first kappa shape index (κ1) is 16.9. The molecule has 4 heteroatoms. The Morgan fingerprint density at radius 2 is 1.69 bits per heavy atom. The van der Waals surface area contributed by atoms with Crippen molar-refractivity contribution in [3.05, 3.63) is 0 Å². The van der Waals surface area contributed by atoms with Crippen LogP contribution in [0.15, 0.2) is 0 Å². The second-order valence-electron chi connectivity index (χ2n) is 4.23. The van der Waals surface area contributed by atoms with Crippen LogP contribution in [0.2, 0.25) is 0 Å². The molecule has 0 saturated carbocycles. The van der Waals surface area contributed by atoms with Crippen LogP contribution in [0.3, 0.4) is 0 Å². The lowest BCUT2D eigenvalue weighted by Crippen LogP contribution is -2.26. The van der Waals surface area contributed by atoms with Crippen LogP contribution in [0.25, 0.3) is 0 Å². The molecule has 0 heterocycles. The zero-order chi connectivity index (χ0) is 12.3. The summed E-state index contributed by atoms with van der Waals surface area (Å²) in [5, 5.41) is 2.08. The highest BCUT2D eigenvalue weighted by molar-refractivity contribution is 9.09. The molecule has 0 bridgehead atoms. The molecule has 0 fully saturated rings. The Morgan fingerprint density at radius 1 is 1.00 bits per heavy atom. The number of hydrogen-bond acceptors (Lipinski definition) is 2. The lowest BCUT2D eigenvalue weighted by atomic mass is 9.85. The van der Waals surface area contributed by atoms with E-state index in [1.807, 2.05) is 0 Å². The van der Waals surface area contributed by atoms with Gasteiger partial charge in [-0.15, -0.1) is 0 Å². The summed E-state index contributed by atoms with van der Waals surface area (Å²) < 4.78 is 10.6. The summed E-state index contributed by atoms with van der Waals surface area (Å²) in [4.78, 5) is 0. The van der Waals surface area contributed by atoms with Crippen molar-refractivity contribution >= 4 is 31.9 Å². The summed E-state index contributed by atoms with van der Waals surface area (Å²) in [7, 11) is 1.72. The van der Waals surface area contributed by atoms with Crippen LogP contribution in [0.5, 0.6) is 0 Å². The van der Waals surface area contributed by atoms with E-state index in [1.165, 1.54) is 12.8 Å². The summed E-state index contributed by atoms with van der Waals surface area (Å²) in [6.07, 6.45) is 4.57. The fraction of sp³-hybridized carbons (Fsp3) is 1.00. The summed E-state index contributed by atoms with van der Waals surface area (Å²) in [6.45, 7) is 4.68. The minimum Gasteiger partial charge on any atom is -0.385 e. The van der Waals surface area contributed by atoms with Crippen LogP contribution in [0, 0.1) is 5.41 Å².